The second kappa shape index (κ2) is 6.33. The number of nitrogens with zero attached hydrogens (tertiary/aromatic N) is 2. The number of rotatable bonds is 3. The summed E-state index contributed by atoms with van der Waals surface area (Å²) in [6.07, 6.45) is 0. The van der Waals surface area contributed by atoms with Crippen LogP contribution in [0.3, 0.4) is 0 Å². The molecule has 1 aromatic heterocycles. The van der Waals surface area contributed by atoms with Gasteiger partial charge in [0.2, 0.25) is 14.2 Å². The van der Waals surface area contributed by atoms with Crippen LogP contribution in [-0.4, -0.2) is 23.1 Å². The molecular weight excluding hydrogens is 366 g/mol. The summed E-state index contributed by atoms with van der Waals surface area (Å²) < 4.78 is 33.0. The number of hydrogen-bond acceptors (Lipinski definition) is 4. The van der Waals surface area contributed by atoms with Crippen molar-refractivity contribution < 1.29 is 18.3 Å². The molecule has 130 valence electrons. The molecule has 8 heteroatoms. The standard InChI is InChI=1S/C17H15ClF2N2O2Si/c1-9-17(22-12-8-7-11(19)14(20)15(12)21-9)24-13-6-4-5-10(18)16(13)25(2,3)23/h4-8,23H,1-3H3. The minimum atomic E-state index is -2.78. The first-order chi connectivity index (χ1) is 11.7. The molecule has 3 rings (SSSR count). The van der Waals surface area contributed by atoms with Crippen molar-refractivity contribution in [3.05, 3.63) is 52.7 Å². The van der Waals surface area contributed by atoms with Crippen molar-refractivity contribution >= 4 is 36.1 Å². The molecule has 0 fully saturated rings. The van der Waals surface area contributed by atoms with Crippen molar-refractivity contribution in [3.63, 3.8) is 0 Å². The molecule has 0 radical (unpaired) electrons. The summed E-state index contributed by atoms with van der Waals surface area (Å²) in [5, 5.41) is 0.930. The van der Waals surface area contributed by atoms with E-state index in [1.54, 1.807) is 38.2 Å². The summed E-state index contributed by atoms with van der Waals surface area (Å²) in [7, 11) is -2.78. The van der Waals surface area contributed by atoms with Crippen molar-refractivity contribution in [1.29, 1.82) is 0 Å². The van der Waals surface area contributed by atoms with Gasteiger partial charge in [-0.3, -0.25) is 0 Å². The molecule has 0 aliphatic heterocycles. The van der Waals surface area contributed by atoms with Crippen LogP contribution in [0.1, 0.15) is 5.69 Å². The van der Waals surface area contributed by atoms with Crippen molar-refractivity contribution in [3.8, 4) is 11.6 Å². The third kappa shape index (κ3) is 3.35. The molecule has 0 amide bonds. The molecule has 0 spiro atoms. The third-order valence-electron chi connectivity index (χ3n) is 3.65. The van der Waals surface area contributed by atoms with E-state index in [-0.39, 0.29) is 16.9 Å². The topological polar surface area (TPSA) is 55.2 Å². The van der Waals surface area contributed by atoms with Gasteiger partial charge in [-0.25, -0.2) is 18.7 Å². The van der Waals surface area contributed by atoms with Crippen LogP contribution < -0.4 is 9.92 Å². The molecule has 0 atom stereocenters. The monoisotopic (exact) mass is 380 g/mol. The SMILES string of the molecule is Cc1nc2c(F)c(F)ccc2nc1Oc1cccc(Cl)c1[Si](C)(C)O. The van der Waals surface area contributed by atoms with Gasteiger partial charge in [-0.2, -0.15) is 0 Å². The van der Waals surface area contributed by atoms with Crippen LogP contribution >= 0.6 is 11.6 Å². The molecular formula is C17H15ClF2N2O2Si. The third-order valence-corrected chi connectivity index (χ3v) is 5.87. The number of halogens is 3. The zero-order valence-corrected chi connectivity index (χ0v) is 15.5. The van der Waals surface area contributed by atoms with E-state index in [2.05, 4.69) is 9.97 Å². The fraction of sp³-hybridized carbons (Fsp3) is 0.176. The maximum absolute atomic E-state index is 13.8. The Balaban J connectivity index is 2.12. The van der Waals surface area contributed by atoms with Gasteiger partial charge in [0, 0.05) is 10.2 Å². The molecule has 0 saturated heterocycles. The Bertz CT molecular complexity index is 977. The zero-order chi connectivity index (χ0) is 18.4. The van der Waals surface area contributed by atoms with Gasteiger partial charge >= 0.3 is 0 Å². The van der Waals surface area contributed by atoms with Gasteiger partial charge in [-0.15, -0.1) is 0 Å². The minimum absolute atomic E-state index is 0.139. The Kier molecular flexibility index (Phi) is 4.48. The quantitative estimate of drug-likeness (QED) is 0.696. The van der Waals surface area contributed by atoms with Crippen molar-refractivity contribution in [2.45, 2.75) is 20.0 Å². The number of aryl methyl sites for hydroxylation is 1. The molecule has 25 heavy (non-hydrogen) atoms. The van der Waals surface area contributed by atoms with Crippen LogP contribution in [0.25, 0.3) is 11.0 Å². The fourth-order valence-electron chi connectivity index (χ4n) is 2.52. The Morgan fingerprint density at radius 1 is 1.12 bits per heavy atom. The summed E-state index contributed by atoms with van der Waals surface area (Å²) in [6, 6.07) is 7.35. The van der Waals surface area contributed by atoms with Crippen molar-refractivity contribution in [2.75, 3.05) is 0 Å². The van der Waals surface area contributed by atoms with Crippen LogP contribution in [0.4, 0.5) is 8.78 Å². The number of fused-ring (bicyclic) bond motifs is 1. The minimum Gasteiger partial charge on any atom is -0.437 e. The summed E-state index contributed by atoms with van der Waals surface area (Å²) in [4.78, 5) is 18.8. The molecule has 2 aromatic carbocycles. The Hall–Kier alpha value is -2.09. The van der Waals surface area contributed by atoms with E-state index < -0.39 is 20.0 Å². The van der Waals surface area contributed by atoms with E-state index >= 15 is 0 Å². The van der Waals surface area contributed by atoms with Gasteiger partial charge in [0.1, 0.15) is 17.0 Å². The molecule has 0 unspecified atom stereocenters. The number of benzene rings is 2. The van der Waals surface area contributed by atoms with Crippen LogP contribution in [0.5, 0.6) is 11.6 Å². The number of hydrogen-bond donors (Lipinski definition) is 1. The maximum atomic E-state index is 13.8. The second-order valence-electron chi connectivity index (χ2n) is 6.12. The summed E-state index contributed by atoms with van der Waals surface area (Å²) in [5.41, 5.74) is 0.303. The predicted octanol–water partition coefficient (Wildman–Crippen LogP) is 4.07. The number of ether oxygens (including phenoxy) is 1. The summed E-state index contributed by atoms with van der Waals surface area (Å²) in [6.45, 7) is 5.02. The first-order valence-electron chi connectivity index (χ1n) is 7.50. The molecule has 1 heterocycles. The van der Waals surface area contributed by atoms with E-state index in [0.717, 1.165) is 6.07 Å². The van der Waals surface area contributed by atoms with Crippen LogP contribution in [0, 0.1) is 18.6 Å². The lowest BCUT2D eigenvalue weighted by Gasteiger charge is -2.20. The number of aromatic nitrogens is 2. The van der Waals surface area contributed by atoms with Gasteiger partial charge in [0.25, 0.3) is 0 Å². The molecule has 3 aromatic rings. The second-order valence-corrected chi connectivity index (χ2v) is 10.1. The van der Waals surface area contributed by atoms with E-state index in [1.807, 2.05) is 0 Å². The highest BCUT2D eigenvalue weighted by Crippen LogP contribution is 2.28. The van der Waals surface area contributed by atoms with Gasteiger partial charge in [0.15, 0.2) is 11.6 Å². The van der Waals surface area contributed by atoms with E-state index in [4.69, 9.17) is 16.3 Å². The van der Waals surface area contributed by atoms with E-state index in [9.17, 15) is 13.6 Å². The molecule has 0 aliphatic rings. The first-order valence-corrected chi connectivity index (χ1v) is 10.8. The fourth-order valence-corrected chi connectivity index (χ4v) is 4.78. The lowest BCUT2D eigenvalue weighted by atomic mass is 10.2. The smallest absolute Gasteiger partial charge is 0.241 e. The highest BCUT2D eigenvalue weighted by atomic mass is 35.5. The largest absolute Gasteiger partial charge is 0.437 e. The van der Waals surface area contributed by atoms with Gasteiger partial charge in [0.05, 0.1) is 5.52 Å². The lowest BCUT2D eigenvalue weighted by Crippen LogP contribution is -2.42. The Labute approximate surface area is 149 Å². The van der Waals surface area contributed by atoms with Crippen molar-refractivity contribution in [2.24, 2.45) is 0 Å². The first kappa shape index (κ1) is 17.7. The molecule has 0 bridgehead atoms. The molecule has 0 saturated carbocycles. The highest BCUT2D eigenvalue weighted by molar-refractivity contribution is 6.85. The Morgan fingerprint density at radius 3 is 2.52 bits per heavy atom. The highest BCUT2D eigenvalue weighted by Gasteiger charge is 2.28. The van der Waals surface area contributed by atoms with E-state index in [1.165, 1.54) is 6.07 Å². The molecule has 0 aliphatic carbocycles. The van der Waals surface area contributed by atoms with Crippen LogP contribution in [-0.2, 0) is 0 Å². The summed E-state index contributed by atoms with van der Waals surface area (Å²) >= 11 is 6.22. The molecule has 4 nitrogen and oxygen atoms in total. The van der Waals surface area contributed by atoms with Gasteiger partial charge in [-0.05, 0) is 44.3 Å². The van der Waals surface area contributed by atoms with Crippen LogP contribution in [0.15, 0.2) is 30.3 Å². The predicted molar refractivity (Wildman–Crippen MR) is 95.1 cm³/mol. The zero-order valence-electron chi connectivity index (χ0n) is 13.8. The van der Waals surface area contributed by atoms with Gasteiger partial charge < -0.3 is 9.53 Å². The van der Waals surface area contributed by atoms with Gasteiger partial charge in [-0.1, -0.05) is 17.7 Å². The average Bonchev–Trinajstić information content (AvgIpc) is 2.51. The Morgan fingerprint density at radius 2 is 1.84 bits per heavy atom. The molecule has 1 N–H and O–H groups in total. The van der Waals surface area contributed by atoms with Crippen molar-refractivity contribution in [1.82, 2.24) is 9.97 Å². The average molecular weight is 381 g/mol. The maximum Gasteiger partial charge on any atom is 0.241 e. The van der Waals surface area contributed by atoms with Crippen LogP contribution in [0.2, 0.25) is 18.1 Å². The normalized spacial score (nSPS) is 11.8. The summed E-state index contributed by atoms with van der Waals surface area (Å²) in [5.74, 6) is -1.53. The van der Waals surface area contributed by atoms with E-state index in [0.29, 0.717) is 21.7 Å². The lowest BCUT2D eigenvalue weighted by molar-refractivity contribution is 0.458.